The van der Waals surface area contributed by atoms with Crippen molar-refractivity contribution in [3.63, 3.8) is 0 Å². The maximum atomic E-state index is 12.3. The van der Waals surface area contributed by atoms with Crippen molar-refractivity contribution in [2.75, 3.05) is 5.75 Å². The fourth-order valence-corrected chi connectivity index (χ4v) is 3.27. The van der Waals surface area contributed by atoms with Gasteiger partial charge in [0, 0.05) is 0 Å². The maximum Gasteiger partial charge on any atom is 0.264 e. The van der Waals surface area contributed by atoms with Crippen LogP contribution >= 0.6 is 0 Å². The third-order valence-electron chi connectivity index (χ3n) is 3.28. The van der Waals surface area contributed by atoms with Crippen LogP contribution in [-0.2, 0) is 9.84 Å². The molecule has 0 saturated heterocycles. The highest BCUT2D eigenvalue weighted by atomic mass is 32.2. The molecule has 112 valence electrons. The second kappa shape index (κ2) is 5.34. The van der Waals surface area contributed by atoms with E-state index in [4.69, 9.17) is 0 Å². The van der Waals surface area contributed by atoms with Crippen LogP contribution in [0.5, 0.6) is 0 Å². The van der Waals surface area contributed by atoms with E-state index in [-0.39, 0.29) is 4.90 Å². The van der Waals surface area contributed by atoms with Crippen molar-refractivity contribution >= 4 is 26.8 Å². The molecule has 0 aliphatic heterocycles. The van der Waals surface area contributed by atoms with Gasteiger partial charge in [0.1, 0.15) is 11.3 Å². The highest BCUT2D eigenvalue weighted by Gasteiger charge is 2.22. The standard InChI is InChI=1S/C15H13N3O3S/c1-11-6-8-12(9-7-11)22(20,21)10-15(19)18-14-5-3-2-4-13(14)16-17-18/h2-9H,10H2,1H3. The van der Waals surface area contributed by atoms with Gasteiger partial charge in [0.25, 0.3) is 5.91 Å². The van der Waals surface area contributed by atoms with Crippen LogP contribution in [-0.4, -0.2) is 35.1 Å². The Labute approximate surface area is 127 Å². The Kier molecular flexibility index (Phi) is 3.50. The molecule has 0 aliphatic carbocycles. The minimum absolute atomic E-state index is 0.121. The molecule has 0 aliphatic rings. The maximum absolute atomic E-state index is 12.3. The van der Waals surface area contributed by atoms with Gasteiger partial charge < -0.3 is 0 Å². The first kappa shape index (κ1) is 14.4. The molecular weight excluding hydrogens is 302 g/mol. The Morgan fingerprint density at radius 1 is 1.09 bits per heavy atom. The zero-order valence-corrected chi connectivity index (χ0v) is 12.6. The zero-order chi connectivity index (χ0) is 15.7. The number of sulfone groups is 1. The van der Waals surface area contributed by atoms with Crippen molar-refractivity contribution in [2.45, 2.75) is 11.8 Å². The van der Waals surface area contributed by atoms with Crippen LogP contribution in [0.2, 0.25) is 0 Å². The molecule has 0 bridgehead atoms. The first-order chi connectivity index (χ1) is 10.5. The lowest BCUT2D eigenvalue weighted by molar-refractivity contribution is 0.0928. The molecule has 22 heavy (non-hydrogen) atoms. The summed E-state index contributed by atoms with van der Waals surface area (Å²) in [6.07, 6.45) is 0. The van der Waals surface area contributed by atoms with Crippen LogP contribution < -0.4 is 0 Å². The molecule has 1 heterocycles. The molecule has 0 spiro atoms. The van der Waals surface area contributed by atoms with E-state index in [0.717, 1.165) is 10.2 Å². The average Bonchev–Trinajstić information content (AvgIpc) is 2.91. The fraction of sp³-hybridized carbons (Fsp3) is 0.133. The Balaban J connectivity index is 1.92. The number of aryl methyl sites for hydroxylation is 1. The number of benzene rings is 2. The van der Waals surface area contributed by atoms with Crippen molar-refractivity contribution in [1.29, 1.82) is 0 Å². The molecule has 3 aromatic rings. The van der Waals surface area contributed by atoms with Crippen LogP contribution in [0.4, 0.5) is 0 Å². The SMILES string of the molecule is Cc1ccc(S(=O)(=O)CC(=O)n2nnc3ccccc32)cc1. The number of carbonyl (C=O) groups excluding carboxylic acids is 1. The van der Waals surface area contributed by atoms with Crippen molar-refractivity contribution in [3.8, 4) is 0 Å². The van der Waals surface area contributed by atoms with E-state index in [1.54, 1.807) is 36.4 Å². The normalized spacial score (nSPS) is 11.7. The second-order valence-corrected chi connectivity index (χ2v) is 6.95. The molecule has 2 aromatic carbocycles. The molecule has 0 N–H and O–H groups in total. The molecule has 1 aromatic heterocycles. The lowest BCUT2D eigenvalue weighted by atomic mass is 10.2. The lowest BCUT2D eigenvalue weighted by Crippen LogP contribution is -2.23. The molecule has 0 atom stereocenters. The van der Waals surface area contributed by atoms with Gasteiger partial charge in [-0.1, -0.05) is 35.0 Å². The van der Waals surface area contributed by atoms with Crippen LogP contribution in [0.15, 0.2) is 53.4 Å². The third-order valence-corrected chi connectivity index (χ3v) is 4.90. The Morgan fingerprint density at radius 3 is 2.50 bits per heavy atom. The zero-order valence-electron chi connectivity index (χ0n) is 11.8. The van der Waals surface area contributed by atoms with E-state index in [9.17, 15) is 13.2 Å². The number of para-hydroxylation sites is 1. The molecular formula is C15H13N3O3S. The number of rotatable bonds is 3. The van der Waals surface area contributed by atoms with Gasteiger partial charge in [-0.3, -0.25) is 4.79 Å². The summed E-state index contributed by atoms with van der Waals surface area (Å²) in [7, 11) is -3.71. The van der Waals surface area contributed by atoms with Crippen LogP contribution in [0.3, 0.4) is 0 Å². The number of nitrogens with zero attached hydrogens (tertiary/aromatic N) is 3. The van der Waals surface area contributed by atoms with Crippen molar-refractivity contribution in [1.82, 2.24) is 15.0 Å². The summed E-state index contributed by atoms with van der Waals surface area (Å²) in [5.74, 6) is -1.28. The second-order valence-electron chi connectivity index (χ2n) is 4.96. The minimum Gasteiger partial charge on any atom is -0.271 e. The van der Waals surface area contributed by atoms with E-state index in [0.29, 0.717) is 11.0 Å². The van der Waals surface area contributed by atoms with E-state index in [1.807, 2.05) is 6.92 Å². The van der Waals surface area contributed by atoms with E-state index in [1.165, 1.54) is 12.1 Å². The van der Waals surface area contributed by atoms with E-state index < -0.39 is 21.5 Å². The lowest BCUT2D eigenvalue weighted by Gasteiger charge is -2.04. The van der Waals surface area contributed by atoms with Gasteiger partial charge >= 0.3 is 0 Å². The van der Waals surface area contributed by atoms with Gasteiger partial charge in [0.05, 0.1) is 10.4 Å². The molecule has 3 rings (SSSR count). The summed E-state index contributed by atoms with van der Waals surface area (Å²) >= 11 is 0. The van der Waals surface area contributed by atoms with Gasteiger partial charge in [-0.05, 0) is 31.2 Å². The van der Waals surface area contributed by atoms with Crippen LogP contribution in [0.1, 0.15) is 10.4 Å². The third kappa shape index (κ3) is 2.62. The quantitative estimate of drug-likeness (QED) is 0.736. The summed E-state index contributed by atoms with van der Waals surface area (Å²) in [4.78, 5) is 12.4. The molecule has 0 unspecified atom stereocenters. The number of hydrogen-bond donors (Lipinski definition) is 0. The predicted molar refractivity (Wildman–Crippen MR) is 81.4 cm³/mol. The molecule has 0 radical (unpaired) electrons. The number of hydrogen-bond acceptors (Lipinski definition) is 5. The monoisotopic (exact) mass is 315 g/mol. The molecule has 0 fully saturated rings. The molecule has 6 nitrogen and oxygen atoms in total. The van der Waals surface area contributed by atoms with Crippen LogP contribution in [0.25, 0.3) is 11.0 Å². The van der Waals surface area contributed by atoms with E-state index >= 15 is 0 Å². The molecule has 0 amide bonds. The summed E-state index contributed by atoms with van der Waals surface area (Å²) < 4.78 is 25.6. The topological polar surface area (TPSA) is 81.9 Å². The van der Waals surface area contributed by atoms with Gasteiger partial charge in [0.15, 0.2) is 9.84 Å². The van der Waals surface area contributed by atoms with Gasteiger partial charge in [-0.2, -0.15) is 4.68 Å². The summed E-state index contributed by atoms with van der Waals surface area (Å²) in [5.41, 5.74) is 1.99. The smallest absolute Gasteiger partial charge is 0.264 e. The number of aromatic nitrogens is 3. The largest absolute Gasteiger partial charge is 0.271 e. The Morgan fingerprint density at radius 2 is 1.77 bits per heavy atom. The minimum atomic E-state index is -3.71. The number of carbonyl (C=O) groups is 1. The summed E-state index contributed by atoms with van der Waals surface area (Å²) in [5, 5.41) is 7.59. The first-order valence-corrected chi connectivity index (χ1v) is 8.26. The van der Waals surface area contributed by atoms with E-state index in [2.05, 4.69) is 10.3 Å². The first-order valence-electron chi connectivity index (χ1n) is 6.60. The van der Waals surface area contributed by atoms with Gasteiger partial charge in [-0.15, -0.1) is 5.10 Å². The van der Waals surface area contributed by atoms with Crippen molar-refractivity contribution in [3.05, 3.63) is 54.1 Å². The highest BCUT2D eigenvalue weighted by Crippen LogP contribution is 2.14. The fourth-order valence-electron chi connectivity index (χ4n) is 2.11. The summed E-state index contributed by atoms with van der Waals surface area (Å²) in [6, 6.07) is 13.3. The highest BCUT2D eigenvalue weighted by molar-refractivity contribution is 7.92. The molecule has 0 saturated carbocycles. The van der Waals surface area contributed by atoms with Gasteiger partial charge in [0.2, 0.25) is 0 Å². The van der Waals surface area contributed by atoms with Crippen LogP contribution in [0, 0.1) is 6.92 Å². The number of fused-ring (bicyclic) bond motifs is 1. The van der Waals surface area contributed by atoms with Crippen molar-refractivity contribution < 1.29 is 13.2 Å². The average molecular weight is 315 g/mol. The van der Waals surface area contributed by atoms with Crippen molar-refractivity contribution in [2.24, 2.45) is 0 Å². The predicted octanol–water partition coefficient (Wildman–Crippen LogP) is 1.85. The summed E-state index contributed by atoms with van der Waals surface area (Å²) in [6.45, 7) is 1.86. The van der Waals surface area contributed by atoms with Gasteiger partial charge in [-0.25, -0.2) is 8.42 Å². The Bertz CT molecular complexity index is 944. The molecule has 7 heteroatoms. The Hall–Kier alpha value is -2.54.